The number of ether oxygens (including phenoxy) is 3. The first-order chi connectivity index (χ1) is 19.0. The standard InChI is InChI=1S/C33H40O6/c1-3-20-33(36,21-4-2)32(35)31(39-24-28-18-12-7-13-19-28)30(38-23-27-16-10-6-11-17-27)29(34)25-37-22-26-14-8-5-9-15-26/h3-19,29-32,34-36H,1-2,20-25H2/t29-,30-,31+,32+/m1/s1. The second-order valence-electron chi connectivity index (χ2n) is 9.62. The summed E-state index contributed by atoms with van der Waals surface area (Å²) >= 11 is 0. The lowest BCUT2D eigenvalue weighted by Crippen LogP contribution is -2.57. The van der Waals surface area contributed by atoms with Crippen LogP contribution in [0.15, 0.2) is 116 Å². The highest BCUT2D eigenvalue weighted by molar-refractivity contribution is 5.15. The third-order valence-corrected chi connectivity index (χ3v) is 6.53. The average Bonchev–Trinajstić information content (AvgIpc) is 2.96. The van der Waals surface area contributed by atoms with Gasteiger partial charge < -0.3 is 29.5 Å². The number of hydrogen-bond acceptors (Lipinski definition) is 6. The van der Waals surface area contributed by atoms with Crippen LogP contribution in [0.25, 0.3) is 0 Å². The molecule has 0 aliphatic heterocycles. The molecule has 4 atom stereocenters. The maximum atomic E-state index is 11.6. The topological polar surface area (TPSA) is 88.4 Å². The predicted octanol–water partition coefficient (Wildman–Crippen LogP) is 4.98. The highest BCUT2D eigenvalue weighted by Crippen LogP contribution is 2.29. The van der Waals surface area contributed by atoms with E-state index in [9.17, 15) is 15.3 Å². The first-order valence-corrected chi connectivity index (χ1v) is 13.2. The van der Waals surface area contributed by atoms with E-state index in [-0.39, 0.29) is 32.7 Å². The third-order valence-electron chi connectivity index (χ3n) is 6.53. The molecule has 0 saturated heterocycles. The van der Waals surface area contributed by atoms with Gasteiger partial charge in [0.2, 0.25) is 0 Å². The van der Waals surface area contributed by atoms with Crippen LogP contribution in [0.5, 0.6) is 0 Å². The molecule has 0 radical (unpaired) electrons. The van der Waals surface area contributed by atoms with Gasteiger partial charge in [0.15, 0.2) is 0 Å². The number of rotatable bonds is 18. The first kappa shape index (κ1) is 30.4. The Labute approximate surface area is 231 Å². The van der Waals surface area contributed by atoms with Gasteiger partial charge in [0.25, 0.3) is 0 Å². The van der Waals surface area contributed by atoms with Crippen molar-refractivity contribution in [3.8, 4) is 0 Å². The summed E-state index contributed by atoms with van der Waals surface area (Å²) in [4.78, 5) is 0. The molecule has 0 fully saturated rings. The van der Waals surface area contributed by atoms with Gasteiger partial charge in [-0.15, -0.1) is 13.2 Å². The van der Waals surface area contributed by atoms with E-state index in [0.717, 1.165) is 16.7 Å². The highest BCUT2D eigenvalue weighted by atomic mass is 16.6. The van der Waals surface area contributed by atoms with Gasteiger partial charge in [-0.3, -0.25) is 0 Å². The first-order valence-electron chi connectivity index (χ1n) is 13.2. The third kappa shape index (κ3) is 9.55. The fraction of sp³-hybridized carbons (Fsp3) is 0.333. The van der Waals surface area contributed by atoms with Crippen LogP contribution < -0.4 is 0 Å². The van der Waals surface area contributed by atoms with E-state index in [2.05, 4.69) is 13.2 Å². The fourth-order valence-corrected chi connectivity index (χ4v) is 4.42. The molecule has 6 heteroatoms. The molecule has 6 nitrogen and oxygen atoms in total. The summed E-state index contributed by atoms with van der Waals surface area (Å²) in [6.45, 7) is 8.03. The van der Waals surface area contributed by atoms with Gasteiger partial charge in [0, 0.05) is 0 Å². The monoisotopic (exact) mass is 532 g/mol. The van der Waals surface area contributed by atoms with Crippen molar-refractivity contribution in [1.82, 2.24) is 0 Å². The Morgan fingerprint density at radius 2 is 1.05 bits per heavy atom. The Balaban J connectivity index is 1.87. The van der Waals surface area contributed by atoms with Gasteiger partial charge in [0.05, 0.1) is 32.0 Å². The average molecular weight is 533 g/mol. The van der Waals surface area contributed by atoms with Crippen molar-refractivity contribution in [2.45, 2.75) is 62.7 Å². The van der Waals surface area contributed by atoms with Crippen LogP contribution in [-0.4, -0.2) is 51.9 Å². The molecule has 0 amide bonds. The maximum Gasteiger partial charge on any atom is 0.115 e. The van der Waals surface area contributed by atoms with E-state index < -0.39 is 30.0 Å². The van der Waals surface area contributed by atoms with Crippen LogP contribution in [0.1, 0.15) is 29.5 Å². The highest BCUT2D eigenvalue weighted by Gasteiger charge is 2.45. The second-order valence-corrected chi connectivity index (χ2v) is 9.62. The Bertz CT molecular complexity index is 1080. The van der Waals surface area contributed by atoms with Crippen molar-refractivity contribution in [1.29, 1.82) is 0 Å². The van der Waals surface area contributed by atoms with Crippen LogP contribution in [0.2, 0.25) is 0 Å². The summed E-state index contributed by atoms with van der Waals surface area (Å²) in [5.74, 6) is 0. The van der Waals surface area contributed by atoms with E-state index in [1.54, 1.807) is 12.2 Å². The molecule has 3 aromatic carbocycles. The zero-order chi connectivity index (χ0) is 27.9. The molecule has 0 saturated carbocycles. The minimum Gasteiger partial charge on any atom is -0.388 e. The Kier molecular flexibility index (Phi) is 12.6. The van der Waals surface area contributed by atoms with E-state index in [4.69, 9.17) is 14.2 Å². The van der Waals surface area contributed by atoms with Crippen LogP contribution in [0.4, 0.5) is 0 Å². The van der Waals surface area contributed by atoms with E-state index in [1.807, 2.05) is 91.0 Å². The molecule has 3 rings (SSSR count). The smallest absolute Gasteiger partial charge is 0.115 e. The van der Waals surface area contributed by atoms with Crippen molar-refractivity contribution < 1.29 is 29.5 Å². The molecular formula is C33H40O6. The number of hydrogen-bond donors (Lipinski definition) is 3. The van der Waals surface area contributed by atoms with E-state index in [1.165, 1.54) is 0 Å². The van der Waals surface area contributed by atoms with E-state index in [0.29, 0.717) is 6.61 Å². The second kappa shape index (κ2) is 16.1. The molecule has 0 spiro atoms. The molecule has 208 valence electrons. The lowest BCUT2D eigenvalue weighted by molar-refractivity contribution is -0.210. The van der Waals surface area contributed by atoms with Gasteiger partial charge >= 0.3 is 0 Å². The summed E-state index contributed by atoms with van der Waals surface area (Å²) in [5.41, 5.74) is 1.12. The molecular weight excluding hydrogens is 492 g/mol. The number of aliphatic hydroxyl groups is 3. The van der Waals surface area contributed by atoms with Crippen molar-refractivity contribution in [3.63, 3.8) is 0 Å². The van der Waals surface area contributed by atoms with Crippen LogP contribution in [-0.2, 0) is 34.0 Å². The summed E-state index contributed by atoms with van der Waals surface area (Å²) < 4.78 is 18.3. The minimum absolute atomic E-state index is 0.0619. The van der Waals surface area contributed by atoms with Crippen LogP contribution in [0.3, 0.4) is 0 Å². The van der Waals surface area contributed by atoms with Crippen LogP contribution in [0, 0.1) is 0 Å². The van der Waals surface area contributed by atoms with Crippen molar-refractivity contribution >= 4 is 0 Å². The molecule has 0 aliphatic carbocycles. The van der Waals surface area contributed by atoms with Gasteiger partial charge in [-0.05, 0) is 29.5 Å². The van der Waals surface area contributed by atoms with Crippen LogP contribution >= 0.6 is 0 Å². The van der Waals surface area contributed by atoms with Gasteiger partial charge in [-0.25, -0.2) is 0 Å². The molecule has 0 aliphatic rings. The lowest BCUT2D eigenvalue weighted by Gasteiger charge is -2.40. The predicted molar refractivity (Wildman–Crippen MR) is 153 cm³/mol. The normalized spacial score (nSPS) is 14.7. The number of benzene rings is 3. The summed E-state index contributed by atoms with van der Waals surface area (Å²) in [6, 6.07) is 28.7. The summed E-state index contributed by atoms with van der Waals surface area (Å²) in [7, 11) is 0. The van der Waals surface area contributed by atoms with E-state index >= 15 is 0 Å². The molecule has 0 heterocycles. The molecule has 0 unspecified atom stereocenters. The summed E-state index contributed by atoms with van der Waals surface area (Å²) in [6.07, 6.45) is -1.45. The molecule has 3 N–H and O–H groups in total. The lowest BCUT2D eigenvalue weighted by atomic mass is 9.83. The largest absolute Gasteiger partial charge is 0.388 e. The van der Waals surface area contributed by atoms with Gasteiger partial charge in [-0.1, -0.05) is 103 Å². The number of aliphatic hydroxyl groups excluding tert-OH is 2. The Morgan fingerprint density at radius 3 is 1.49 bits per heavy atom. The molecule has 39 heavy (non-hydrogen) atoms. The fourth-order valence-electron chi connectivity index (χ4n) is 4.42. The maximum absolute atomic E-state index is 11.6. The zero-order valence-corrected chi connectivity index (χ0v) is 22.3. The SMILES string of the molecule is C=CCC(O)(CC=C)[C@@H](O)[C@@H](OCc1ccccc1)[C@H](OCc1ccccc1)[C@H](O)COCc1ccccc1. The molecule has 3 aromatic rings. The minimum atomic E-state index is -1.62. The Hall–Kier alpha value is -3.10. The summed E-state index contributed by atoms with van der Waals surface area (Å²) in [5, 5.41) is 34.4. The van der Waals surface area contributed by atoms with Crippen molar-refractivity contribution in [2.24, 2.45) is 0 Å². The van der Waals surface area contributed by atoms with Crippen molar-refractivity contribution in [2.75, 3.05) is 6.61 Å². The molecule has 0 aromatic heterocycles. The van der Waals surface area contributed by atoms with Gasteiger partial charge in [-0.2, -0.15) is 0 Å². The molecule has 0 bridgehead atoms. The Morgan fingerprint density at radius 1 is 0.641 bits per heavy atom. The zero-order valence-electron chi connectivity index (χ0n) is 22.3. The van der Waals surface area contributed by atoms with Gasteiger partial charge in [0.1, 0.15) is 24.4 Å². The van der Waals surface area contributed by atoms with Crippen molar-refractivity contribution in [3.05, 3.63) is 133 Å². The quantitative estimate of drug-likeness (QED) is 0.200.